The summed E-state index contributed by atoms with van der Waals surface area (Å²) in [6, 6.07) is 8.20. The first-order chi connectivity index (χ1) is 14.0. The van der Waals surface area contributed by atoms with E-state index in [2.05, 4.69) is 10.6 Å². The van der Waals surface area contributed by atoms with Gasteiger partial charge in [-0.25, -0.2) is 0 Å². The molecular formula is C21H21Cl2F3N2O2. The molecule has 0 saturated carbocycles. The fourth-order valence-corrected chi connectivity index (χ4v) is 3.28. The van der Waals surface area contributed by atoms with E-state index in [1.165, 1.54) is 30.3 Å². The van der Waals surface area contributed by atoms with Gasteiger partial charge < -0.3 is 10.6 Å². The van der Waals surface area contributed by atoms with Crippen molar-refractivity contribution in [1.82, 2.24) is 10.6 Å². The van der Waals surface area contributed by atoms with Crippen molar-refractivity contribution in [2.45, 2.75) is 39.0 Å². The Morgan fingerprint density at radius 3 is 2.37 bits per heavy atom. The molecule has 1 atom stereocenters. The lowest BCUT2D eigenvalue weighted by Gasteiger charge is -2.21. The Hall–Kier alpha value is -2.25. The summed E-state index contributed by atoms with van der Waals surface area (Å²) in [6.07, 6.45) is -4.13. The molecule has 0 fully saturated rings. The van der Waals surface area contributed by atoms with Crippen LogP contribution in [0.3, 0.4) is 0 Å². The van der Waals surface area contributed by atoms with Gasteiger partial charge in [0.15, 0.2) is 0 Å². The third kappa shape index (κ3) is 6.92. The number of hydrogen-bond acceptors (Lipinski definition) is 2. The van der Waals surface area contributed by atoms with Crippen LogP contribution in [0, 0.1) is 5.92 Å². The summed E-state index contributed by atoms with van der Waals surface area (Å²) in [5, 5.41) is 5.74. The average Bonchev–Trinajstić information content (AvgIpc) is 2.64. The van der Waals surface area contributed by atoms with Crippen molar-refractivity contribution in [1.29, 1.82) is 0 Å². The highest BCUT2D eigenvalue weighted by molar-refractivity contribution is 6.36. The second kappa shape index (κ2) is 10.2. The van der Waals surface area contributed by atoms with Crippen LogP contribution in [0.15, 0.2) is 42.5 Å². The minimum atomic E-state index is -4.47. The molecule has 0 spiro atoms. The van der Waals surface area contributed by atoms with Gasteiger partial charge in [-0.1, -0.05) is 49.2 Å². The quantitative estimate of drug-likeness (QED) is 0.575. The van der Waals surface area contributed by atoms with Gasteiger partial charge in [0.25, 0.3) is 5.91 Å². The molecular weight excluding hydrogens is 440 g/mol. The topological polar surface area (TPSA) is 58.2 Å². The van der Waals surface area contributed by atoms with Crippen LogP contribution in [0.2, 0.25) is 10.0 Å². The first-order valence-electron chi connectivity index (χ1n) is 9.17. The Morgan fingerprint density at radius 2 is 1.77 bits per heavy atom. The summed E-state index contributed by atoms with van der Waals surface area (Å²) in [5.41, 5.74) is -0.326. The van der Waals surface area contributed by atoms with E-state index in [-0.39, 0.29) is 23.0 Å². The van der Waals surface area contributed by atoms with Crippen molar-refractivity contribution in [3.8, 4) is 0 Å². The molecule has 2 aromatic rings. The third-order valence-corrected chi connectivity index (χ3v) is 4.77. The van der Waals surface area contributed by atoms with Crippen molar-refractivity contribution in [3.63, 3.8) is 0 Å². The van der Waals surface area contributed by atoms with E-state index in [1.54, 1.807) is 0 Å². The van der Waals surface area contributed by atoms with Gasteiger partial charge in [0, 0.05) is 11.6 Å². The molecule has 2 rings (SSSR count). The molecule has 0 aromatic heterocycles. The van der Waals surface area contributed by atoms with Crippen LogP contribution in [0.4, 0.5) is 13.2 Å². The minimum absolute atomic E-state index is 0.0790. The van der Waals surface area contributed by atoms with E-state index in [0.717, 1.165) is 12.1 Å². The van der Waals surface area contributed by atoms with Crippen LogP contribution < -0.4 is 10.6 Å². The zero-order chi connectivity index (χ0) is 22.5. The number of nitrogens with one attached hydrogen (secondary N) is 2. The highest BCUT2D eigenvalue weighted by Crippen LogP contribution is 2.29. The molecule has 162 valence electrons. The summed E-state index contributed by atoms with van der Waals surface area (Å²) in [4.78, 5) is 25.2. The number of benzene rings is 2. The lowest BCUT2D eigenvalue weighted by molar-refractivity contribution is -0.137. The Kier molecular flexibility index (Phi) is 8.15. The van der Waals surface area contributed by atoms with E-state index in [1.807, 2.05) is 13.8 Å². The monoisotopic (exact) mass is 460 g/mol. The van der Waals surface area contributed by atoms with Gasteiger partial charge in [0.05, 0.1) is 16.1 Å². The smallest absolute Gasteiger partial charge is 0.350 e. The van der Waals surface area contributed by atoms with E-state index in [9.17, 15) is 22.8 Å². The number of amides is 2. The van der Waals surface area contributed by atoms with Gasteiger partial charge in [-0.3, -0.25) is 9.59 Å². The van der Waals surface area contributed by atoms with Crippen molar-refractivity contribution in [3.05, 3.63) is 69.2 Å². The highest BCUT2D eigenvalue weighted by Gasteiger charge is 2.30. The maximum Gasteiger partial charge on any atom is 0.416 e. The maximum atomic E-state index is 12.8. The predicted octanol–water partition coefficient (Wildman–Crippen LogP) is 5.47. The number of rotatable bonds is 7. The lowest BCUT2D eigenvalue weighted by Crippen LogP contribution is -2.47. The maximum absolute atomic E-state index is 12.8. The van der Waals surface area contributed by atoms with E-state index >= 15 is 0 Å². The molecule has 2 aromatic carbocycles. The highest BCUT2D eigenvalue weighted by atomic mass is 35.5. The molecule has 0 aliphatic rings. The van der Waals surface area contributed by atoms with Crippen LogP contribution in [-0.2, 0) is 17.5 Å². The van der Waals surface area contributed by atoms with Crippen molar-refractivity contribution >= 4 is 35.0 Å². The molecule has 0 radical (unpaired) electrons. The van der Waals surface area contributed by atoms with Crippen LogP contribution in [0.5, 0.6) is 0 Å². The van der Waals surface area contributed by atoms with Crippen molar-refractivity contribution < 1.29 is 22.8 Å². The molecule has 4 nitrogen and oxygen atoms in total. The number of halogens is 5. The minimum Gasteiger partial charge on any atom is -0.350 e. The molecule has 0 aliphatic carbocycles. The van der Waals surface area contributed by atoms with Gasteiger partial charge in [0.1, 0.15) is 6.04 Å². The average molecular weight is 461 g/mol. The molecule has 2 amide bonds. The standard InChI is InChI=1S/C21H21Cl2F3N2O2/c1-12(2)8-18(28-19(29)16-7-6-15(22)10-17(16)23)20(30)27-11-13-4-3-5-14(9-13)21(24,25)26/h3-7,9-10,12,18H,8,11H2,1-2H3,(H,27,30)(H,28,29). The van der Waals surface area contributed by atoms with Gasteiger partial charge in [-0.15, -0.1) is 0 Å². The largest absolute Gasteiger partial charge is 0.416 e. The summed E-state index contributed by atoms with van der Waals surface area (Å²) in [7, 11) is 0. The van der Waals surface area contributed by atoms with E-state index in [4.69, 9.17) is 23.2 Å². The van der Waals surface area contributed by atoms with Crippen molar-refractivity contribution in [2.24, 2.45) is 5.92 Å². The zero-order valence-corrected chi connectivity index (χ0v) is 17.8. The fourth-order valence-electron chi connectivity index (χ4n) is 2.78. The summed E-state index contributed by atoms with van der Waals surface area (Å²) < 4.78 is 38.5. The second-order valence-corrected chi connectivity index (χ2v) is 8.04. The molecule has 0 aliphatic heterocycles. The first-order valence-corrected chi connectivity index (χ1v) is 9.92. The molecule has 0 heterocycles. The zero-order valence-electron chi connectivity index (χ0n) is 16.3. The molecule has 9 heteroatoms. The normalized spacial score (nSPS) is 12.5. The Labute approximate surface area is 182 Å². The third-order valence-electron chi connectivity index (χ3n) is 4.23. The van der Waals surface area contributed by atoms with Crippen LogP contribution in [0.1, 0.15) is 41.8 Å². The molecule has 1 unspecified atom stereocenters. The van der Waals surface area contributed by atoms with Crippen LogP contribution in [-0.4, -0.2) is 17.9 Å². The Morgan fingerprint density at radius 1 is 1.07 bits per heavy atom. The number of hydrogen-bond donors (Lipinski definition) is 2. The summed E-state index contributed by atoms with van der Waals surface area (Å²) in [5.74, 6) is -0.966. The number of carbonyl (C=O) groups is 2. The summed E-state index contributed by atoms with van der Waals surface area (Å²) in [6.45, 7) is 3.66. The first kappa shape index (κ1) is 24.0. The lowest BCUT2D eigenvalue weighted by atomic mass is 10.0. The SMILES string of the molecule is CC(C)CC(NC(=O)c1ccc(Cl)cc1Cl)C(=O)NCc1cccc(C(F)(F)F)c1. The number of carbonyl (C=O) groups excluding carboxylic acids is 2. The summed E-state index contributed by atoms with van der Waals surface area (Å²) >= 11 is 11.9. The van der Waals surface area contributed by atoms with E-state index in [0.29, 0.717) is 17.0 Å². The molecule has 0 saturated heterocycles. The second-order valence-electron chi connectivity index (χ2n) is 7.20. The van der Waals surface area contributed by atoms with Crippen molar-refractivity contribution in [2.75, 3.05) is 0 Å². The molecule has 2 N–H and O–H groups in total. The molecule has 0 bridgehead atoms. The predicted molar refractivity (Wildman–Crippen MR) is 110 cm³/mol. The van der Waals surface area contributed by atoms with Gasteiger partial charge >= 0.3 is 6.18 Å². The van der Waals surface area contributed by atoms with Gasteiger partial charge in [-0.2, -0.15) is 13.2 Å². The van der Waals surface area contributed by atoms with Crippen LogP contribution >= 0.6 is 23.2 Å². The Bertz CT molecular complexity index is 917. The van der Waals surface area contributed by atoms with Gasteiger partial charge in [-0.05, 0) is 48.2 Å². The molecule has 30 heavy (non-hydrogen) atoms. The fraction of sp³-hybridized carbons (Fsp3) is 0.333. The van der Waals surface area contributed by atoms with Gasteiger partial charge in [0.2, 0.25) is 5.91 Å². The van der Waals surface area contributed by atoms with E-state index < -0.39 is 29.6 Å². The van der Waals surface area contributed by atoms with Crippen LogP contribution in [0.25, 0.3) is 0 Å². The number of alkyl halides is 3. The Balaban J connectivity index is 2.09.